The number of rotatable bonds is 4. The second-order valence-corrected chi connectivity index (χ2v) is 5.40. The average Bonchev–Trinajstić information content (AvgIpc) is 3.03. The molecule has 0 saturated heterocycles. The number of H-pyrrole nitrogens is 1. The zero-order valence-electron chi connectivity index (χ0n) is 9.73. The summed E-state index contributed by atoms with van der Waals surface area (Å²) in [5.41, 5.74) is 0. The zero-order valence-corrected chi connectivity index (χ0v) is 11.4. The predicted octanol–water partition coefficient (Wildman–Crippen LogP) is 2.14. The normalized spacial score (nSPS) is 11.2. The van der Waals surface area contributed by atoms with Crippen molar-refractivity contribution in [3.8, 4) is 0 Å². The number of fused-ring (bicyclic) bond motifs is 1. The molecule has 0 spiro atoms. The largest absolute Gasteiger partial charge is 0.363 e. The Bertz CT molecular complexity index is 745. The summed E-state index contributed by atoms with van der Waals surface area (Å²) in [6.45, 7) is 1.95. The third kappa shape index (κ3) is 2.08. The number of aryl methyl sites for hydroxylation is 1. The van der Waals surface area contributed by atoms with Crippen LogP contribution in [0.3, 0.4) is 0 Å². The van der Waals surface area contributed by atoms with Crippen LogP contribution in [0.25, 0.3) is 4.96 Å². The van der Waals surface area contributed by atoms with E-state index in [1.54, 1.807) is 11.6 Å². The fourth-order valence-electron chi connectivity index (χ4n) is 1.56. The van der Waals surface area contributed by atoms with Gasteiger partial charge in [-0.3, -0.25) is 5.10 Å². The number of aromatic nitrogens is 5. The van der Waals surface area contributed by atoms with Gasteiger partial charge in [0, 0.05) is 11.8 Å². The second kappa shape index (κ2) is 4.63. The smallest absolute Gasteiger partial charge is 0.358 e. The lowest BCUT2D eigenvalue weighted by Gasteiger charge is -1.94. The number of nitrogens with zero attached hydrogens (tertiary/aromatic N) is 5. The Balaban J connectivity index is 2.02. The summed E-state index contributed by atoms with van der Waals surface area (Å²) in [4.78, 5) is 19.7. The summed E-state index contributed by atoms with van der Waals surface area (Å²) >= 11 is 2.43. The van der Waals surface area contributed by atoms with Gasteiger partial charge in [-0.25, -0.2) is 4.98 Å². The third-order valence-corrected chi connectivity index (χ3v) is 4.00. The van der Waals surface area contributed by atoms with Crippen molar-refractivity contribution in [3.05, 3.63) is 27.5 Å². The van der Waals surface area contributed by atoms with Gasteiger partial charge in [-0.15, -0.1) is 5.10 Å². The molecule has 3 aromatic rings. The first kappa shape index (κ1) is 12.1. The van der Waals surface area contributed by atoms with Crippen LogP contribution < -0.4 is 0 Å². The minimum atomic E-state index is -0.442. The topological polar surface area (TPSA) is 102 Å². The van der Waals surface area contributed by atoms with Crippen LogP contribution in [0.4, 0.5) is 5.82 Å². The van der Waals surface area contributed by atoms with Crippen molar-refractivity contribution in [2.75, 3.05) is 0 Å². The number of nitro groups is 1. The van der Waals surface area contributed by atoms with E-state index in [4.69, 9.17) is 0 Å². The van der Waals surface area contributed by atoms with E-state index in [-0.39, 0.29) is 5.82 Å². The molecule has 0 amide bonds. The van der Waals surface area contributed by atoms with Crippen LogP contribution in [0.1, 0.15) is 12.7 Å². The van der Waals surface area contributed by atoms with E-state index in [1.165, 1.54) is 15.7 Å². The van der Waals surface area contributed by atoms with Gasteiger partial charge in [0.15, 0.2) is 0 Å². The number of nitrogens with one attached hydrogen (secondary N) is 1. The van der Waals surface area contributed by atoms with E-state index in [2.05, 4.69) is 20.2 Å². The molecule has 0 saturated carbocycles. The van der Waals surface area contributed by atoms with Crippen molar-refractivity contribution in [1.82, 2.24) is 24.6 Å². The molecular weight excluding hydrogens is 288 g/mol. The van der Waals surface area contributed by atoms with E-state index < -0.39 is 4.92 Å². The SMILES string of the molecule is CCc1nc(Sc2nc3sccn3c2[N+](=O)[O-])n[nH]1. The maximum absolute atomic E-state index is 11.1. The summed E-state index contributed by atoms with van der Waals surface area (Å²) in [6, 6.07) is 0. The molecule has 19 heavy (non-hydrogen) atoms. The Hall–Kier alpha value is -1.94. The molecule has 0 aliphatic rings. The van der Waals surface area contributed by atoms with Crippen molar-refractivity contribution >= 4 is 33.9 Å². The molecule has 8 nitrogen and oxygen atoms in total. The van der Waals surface area contributed by atoms with E-state index in [9.17, 15) is 10.1 Å². The fourth-order valence-corrected chi connectivity index (χ4v) is 3.14. The van der Waals surface area contributed by atoms with E-state index in [0.29, 0.717) is 15.1 Å². The Kier molecular flexibility index (Phi) is 2.95. The summed E-state index contributed by atoms with van der Waals surface area (Å²) in [5.74, 6) is 0.690. The van der Waals surface area contributed by atoms with Gasteiger partial charge in [0.2, 0.25) is 10.2 Å². The van der Waals surface area contributed by atoms with E-state index in [1.807, 2.05) is 6.92 Å². The number of thiazole rings is 1. The van der Waals surface area contributed by atoms with Crippen LogP contribution in [0, 0.1) is 10.1 Å². The molecule has 3 aromatic heterocycles. The Morgan fingerprint density at radius 3 is 3.11 bits per heavy atom. The number of imidazole rings is 1. The highest BCUT2D eigenvalue weighted by Crippen LogP contribution is 2.34. The standard InChI is InChI=1S/C9H8N6O2S2/c1-2-5-10-8(13-12-5)19-6-7(15(16)17)14-3-4-18-9(14)11-6/h3-4H,2H2,1H3,(H,10,12,13). The van der Waals surface area contributed by atoms with Crippen LogP contribution in [0.2, 0.25) is 0 Å². The quantitative estimate of drug-likeness (QED) is 0.584. The number of hydrogen-bond acceptors (Lipinski definition) is 7. The molecule has 0 radical (unpaired) electrons. The zero-order chi connectivity index (χ0) is 13.4. The molecule has 0 aromatic carbocycles. The minimum absolute atomic E-state index is 0.0518. The van der Waals surface area contributed by atoms with Gasteiger partial charge in [-0.05, 0) is 16.7 Å². The van der Waals surface area contributed by atoms with Crippen molar-refractivity contribution in [2.24, 2.45) is 0 Å². The Labute approximate surface area is 115 Å². The van der Waals surface area contributed by atoms with Gasteiger partial charge in [-0.1, -0.05) is 18.3 Å². The van der Waals surface area contributed by atoms with Crippen LogP contribution in [-0.2, 0) is 6.42 Å². The average molecular weight is 296 g/mol. The summed E-state index contributed by atoms with van der Waals surface area (Å²) in [7, 11) is 0. The van der Waals surface area contributed by atoms with Crippen molar-refractivity contribution in [2.45, 2.75) is 23.5 Å². The van der Waals surface area contributed by atoms with Crippen molar-refractivity contribution in [1.29, 1.82) is 0 Å². The lowest BCUT2D eigenvalue weighted by Crippen LogP contribution is -1.93. The molecule has 0 aliphatic carbocycles. The van der Waals surface area contributed by atoms with Crippen LogP contribution in [-0.4, -0.2) is 29.5 Å². The predicted molar refractivity (Wildman–Crippen MR) is 69.6 cm³/mol. The summed E-state index contributed by atoms with van der Waals surface area (Å²) in [6.07, 6.45) is 2.36. The van der Waals surface area contributed by atoms with Gasteiger partial charge in [0.1, 0.15) is 12.0 Å². The minimum Gasteiger partial charge on any atom is -0.358 e. The Morgan fingerprint density at radius 1 is 1.58 bits per heavy atom. The molecule has 98 valence electrons. The summed E-state index contributed by atoms with van der Waals surface area (Å²) in [5, 5.41) is 20.4. The van der Waals surface area contributed by atoms with E-state index in [0.717, 1.165) is 24.0 Å². The van der Waals surface area contributed by atoms with Crippen LogP contribution in [0.5, 0.6) is 0 Å². The van der Waals surface area contributed by atoms with Gasteiger partial charge in [-0.2, -0.15) is 9.38 Å². The molecule has 3 heterocycles. The van der Waals surface area contributed by atoms with E-state index >= 15 is 0 Å². The lowest BCUT2D eigenvalue weighted by atomic mass is 10.5. The monoisotopic (exact) mass is 296 g/mol. The second-order valence-electron chi connectivity index (χ2n) is 3.57. The molecule has 0 unspecified atom stereocenters. The highest BCUT2D eigenvalue weighted by molar-refractivity contribution is 7.99. The first-order valence-corrected chi connectivity index (χ1v) is 7.07. The molecular formula is C9H8N6O2S2. The van der Waals surface area contributed by atoms with Gasteiger partial charge < -0.3 is 10.1 Å². The maximum Gasteiger partial charge on any atom is 0.363 e. The van der Waals surface area contributed by atoms with Crippen LogP contribution >= 0.6 is 23.1 Å². The fraction of sp³-hybridized carbons (Fsp3) is 0.222. The molecule has 0 bridgehead atoms. The number of aromatic amines is 1. The molecule has 0 fully saturated rings. The molecule has 3 rings (SSSR count). The van der Waals surface area contributed by atoms with Crippen molar-refractivity contribution in [3.63, 3.8) is 0 Å². The molecule has 1 N–H and O–H groups in total. The summed E-state index contributed by atoms with van der Waals surface area (Å²) < 4.78 is 1.46. The van der Waals surface area contributed by atoms with Gasteiger partial charge in [0.05, 0.1) is 0 Å². The molecule has 0 aliphatic heterocycles. The first-order valence-electron chi connectivity index (χ1n) is 5.38. The number of hydrogen-bond donors (Lipinski definition) is 1. The van der Waals surface area contributed by atoms with Crippen LogP contribution in [0.15, 0.2) is 21.8 Å². The highest BCUT2D eigenvalue weighted by Gasteiger charge is 2.25. The van der Waals surface area contributed by atoms with Crippen molar-refractivity contribution < 1.29 is 4.92 Å². The molecule has 0 atom stereocenters. The molecule has 10 heteroatoms. The third-order valence-electron chi connectivity index (χ3n) is 2.41. The van der Waals surface area contributed by atoms with Gasteiger partial charge in [0.25, 0.3) is 4.96 Å². The Morgan fingerprint density at radius 2 is 2.42 bits per heavy atom. The lowest BCUT2D eigenvalue weighted by molar-refractivity contribution is -0.393. The maximum atomic E-state index is 11.1. The van der Waals surface area contributed by atoms with Gasteiger partial charge >= 0.3 is 5.82 Å². The highest BCUT2D eigenvalue weighted by atomic mass is 32.2. The first-order chi connectivity index (χ1) is 9.19.